The van der Waals surface area contributed by atoms with Crippen LogP contribution in [0.2, 0.25) is 0 Å². The maximum Gasteiger partial charge on any atom is 0.0211 e. The maximum absolute atomic E-state index is 5.29. The predicted molar refractivity (Wildman–Crippen MR) is 40.7 cm³/mol. The second-order valence-corrected chi connectivity index (χ2v) is 2.88. The first-order valence-electron chi connectivity index (χ1n) is 3.79. The van der Waals surface area contributed by atoms with Gasteiger partial charge in [-0.25, -0.2) is 0 Å². The molecule has 1 aliphatic rings. The Morgan fingerprint density at radius 3 is 1.30 bits per heavy atom. The Kier molecular flexibility index (Phi) is 3.08. The van der Waals surface area contributed by atoms with Gasteiger partial charge in [0.05, 0.1) is 0 Å². The number of rotatable bonds is 2. The van der Waals surface area contributed by atoms with E-state index < -0.39 is 0 Å². The van der Waals surface area contributed by atoms with E-state index in [0.29, 0.717) is 12.1 Å². The van der Waals surface area contributed by atoms with E-state index in [2.05, 4.69) is 10.9 Å². The average Bonchev–Trinajstić information content (AvgIpc) is 2.05. The van der Waals surface area contributed by atoms with Gasteiger partial charge in [0, 0.05) is 12.1 Å². The van der Waals surface area contributed by atoms with Gasteiger partial charge in [-0.15, -0.1) is 0 Å². The van der Waals surface area contributed by atoms with Crippen molar-refractivity contribution in [3.63, 3.8) is 0 Å². The largest absolute Gasteiger partial charge is 0.271 e. The Morgan fingerprint density at radius 1 is 0.800 bits per heavy atom. The van der Waals surface area contributed by atoms with Gasteiger partial charge >= 0.3 is 0 Å². The number of hydrogen-bond acceptors (Lipinski definition) is 4. The van der Waals surface area contributed by atoms with Crippen LogP contribution in [0.3, 0.4) is 0 Å². The third kappa shape index (κ3) is 1.91. The molecule has 4 heteroatoms. The fourth-order valence-corrected chi connectivity index (χ4v) is 1.43. The van der Waals surface area contributed by atoms with Gasteiger partial charge in [0.1, 0.15) is 0 Å². The lowest BCUT2D eigenvalue weighted by Crippen LogP contribution is -2.44. The summed E-state index contributed by atoms with van der Waals surface area (Å²) in [4.78, 5) is 0. The molecule has 0 radical (unpaired) electrons. The fourth-order valence-electron chi connectivity index (χ4n) is 1.43. The van der Waals surface area contributed by atoms with Crippen LogP contribution in [0, 0.1) is 0 Å². The van der Waals surface area contributed by atoms with Crippen LogP contribution in [0.15, 0.2) is 0 Å². The van der Waals surface area contributed by atoms with E-state index in [1.165, 1.54) is 0 Å². The Labute approximate surface area is 61.3 Å². The molecular weight excluding hydrogens is 128 g/mol. The van der Waals surface area contributed by atoms with E-state index in [4.69, 9.17) is 11.7 Å². The summed E-state index contributed by atoms with van der Waals surface area (Å²) in [5.74, 6) is 10.6. The van der Waals surface area contributed by atoms with Crippen LogP contribution < -0.4 is 22.5 Å². The average molecular weight is 144 g/mol. The quantitative estimate of drug-likeness (QED) is 0.303. The lowest BCUT2D eigenvalue weighted by Gasteiger charge is -2.27. The van der Waals surface area contributed by atoms with Crippen molar-refractivity contribution in [3.05, 3.63) is 0 Å². The summed E-state index contributed by atoms with van der Waals surface area (Å²) in [6.45, 7) is 0. The zero-order valence-electron chi connectivity index (χ0n) is 6.14. The zero-order valence-corrected chi connectivity index (χ0v) is 6.14. The third-order valence-corrected chi connectivity index (χ3v) is 2.20. The van der Waals surface area contributed by atoms with Crippen LogP contribution in [-0.4, -0.2) is 12.1 Å². The molecule has 0 bridgehead atoms. The molecule has 1 rings (SSSR count). The molecule has 0 unspecified atom stereocenters. The maximum atomic E-state index is 5.29. The number of hydrogen-bond donors (Lipinski definition) is 4. The molecule has 6 N–H and O–H groups in total. The van der Waals surface area contributed by atoms with Gasteiger partial charge in [-0.2, -0.15) is 0 Å². The van der Waals surface area contributed by atoms with Crippen molar-refractivity contribution in [2.24, 2.45) is 11.7 Å². The van der Waals surface area contributed by atoms with Crippen LogP contribution in [0.1, 0.15) is 25.7 Å². The summed E-state index contributed by atoms with van der Waals surface area (Å²) in [6.07, 6.45) is 4.52. The summed E-state index contributed by atoms with van der Waals surface area (Å²) in [5.41, 5.74) is 5.56. The van der Waals surface area contributed by atoms with Gasteiger partial charge in [-0.05, 0) is 25.7 Å². The smallest absolute Gasteiger partial charge is 0.0211 e. The number of nitrogens with two attached hydrogens (primary N) is 2. The summed E-state index contributed by atoms with van der Waals surface area (Å²) >= 11 is 0. The molecule has 0 saturated heterocycles. The van der Waals surface area contributed by atoms with Crippen LogP contribution in [-0.2, 0) is 0 Å². The first-order valence-corrected chi connectivity index (χ1v) is 3.79. The molecule has 0 aromatic carbocycles. The minimum absolute atomic E-state index is 0.504. The van der Waals surface area contributed by atoms with Crippen molar-refractivity contribution < 1.29 is 0 Å². The standard InChI is InChI=1S/C6H16N4/c7-9-5-1-2-6(10-8)4-3-5/h5-6,9-10H,1-4,7-8H2. The van der Waals surface area contributed by atoms with E-state index in [1.54, 1.807) is 0 Å². The highest BCUT2D eigenvalue weighted by Crippen LogP contribution is 2.16. The van der Waals surface area contributed by atoms with Crippen molar-refractivity contribution >= 4 is 0 Å². The molecule has 1 aliphatic carbocycles. The molecule has 1 fully saturated rings. The van der Waals surface area contributed by atoms with Gasteiger partial charge in [0.15, 0.2) is 0 Å². The van der Waals surface area contributed by atoms with Crippen LogP contribution in [0.5, 0.6) is 0 Å². The highest BCUT2D eigenvalue weighted by molar-refractivity contribution is 4.77. The molecule has 60 valence electrons. The van der Waals surface area contributed by atoms with Crippen molar-refractivity contribution in [1.82, 2.24) is 10.9 Å². The second kappa shape index (κ2) is 3.88. The SMILES string of the molecule is NNC1CCC(NN)CC1. The highest BCUT2D eigenvalue weighted by atomic mass is 15.2. The van der Waals surface area contributed by atoms with E-state index in [0.717, 1.165) is 25.7 Å². The lowest BCUT2D eigenvalue weighted by molar-refractivity contribution is 0.313. The normalized spacial score (nSPS) is 34.2. The van der Waals surface area contributed by atoms with Crippen molar-refractivity contribution in [2.75, 3.05) is 0 Å². The molecule has 0 atom stereocenters. The van der Waals surface area contributed by atoms with Gasteiger partial charge < -0.3 is 0 Å². The molecule has 0 spiro atoms. The molecule has 0 heterocycles. The Bertz CT molecular complexity index is 75.7. The van der Waals surface area contributed by atoms with Crippen molar-refractivity contribution in [2.45, 2.75) is 37.8 Å². The van der Waals surface area contributed by atoms with Crippen molar-refractivity contribution in [1.29, 1.82) is 0 Å². The Hall–Kier alpha value is -0.160. The molecule has 0 amide bonds. The number of hydrazine groups is 2. The first kappa shape index (κ1) is 7.94. The predicted octanol–water partition coefficient (Wildman–Crippen LogP) is -0.776. The minimum atomic E-state index is 0.504. The van der Waals surface area contributed by atoms with E-state index >= 15 is 0 Å². The van der Waals surface area contributed by atoms with Crippen LogP contribution >= 0.6 is 0 Å². The Balaban J connectivity index is 2.17. The van der Waals surface area contributed by atoms with E-state index in [9.17, 15) is 0 Å². The van der Waals surface area contributed by atoms with Gasteiger partial charge in [0.25, 0.3) is 0 Å². The van der Waals surface area contributed by atoms with Gasteiger partial charge in [-0.1, -0.05) is 0 Å². The first-order chi connectivity index (χ1) is 4.86. The lowest BCUT2D eigenvalue weighted by atomic mass is 9.92. The van der Waals surface area contributed by atoms with Crippen LogP contribution in [0.4, 0.5) is 0 Å². The van der Waals surface area contributed by atoms with Gasteiger partial charge in [-0.3, -0.25) is 22.5 Å². The molecule has 0 aromatic heterocycles. The monoisotopic (exact) mass is 144 g/mol. The van der Waals surface area contributed by atoms with E-state index in [-0.39, 0.29) is 0 Å². The van der Waals surface area contributed by atoms with Gasteiger partial charge in [0.2, 0.25) is 0 Å². The summed E-state index contributed by atoms with van der Waals surface area (Å²) in [5, 5.41) is 0. The molecule has 0 aliphatic heterocycles. The summed E-state index contributed by atoms with van der Waals surface area (Å²) in [6, 6.07) is 1.01. The second-order valence-electron chi connectivity index (χ2n) is 2.88. The fraction of sp³-hybridized carbons (Fsp3) is 1.00. The summed E-state index contributed by atoms with van der Waals surface area (Å²) in [7, 11) is 0. The number of nitrogens with one attached hydrogen (secondary N) is 2. The topological polar surface area (TPSA) is 76.1 Å². The van der Waals surface area contributed by atoms with E-state index in [1.807, 2.05) is 0 Å². The van der Waals surface area contributed by atoms with Crippen molar-refractivity contribution in [3.8, 4) is 0 Å². The molecule has 10 heavy (non-hydrogen) atoms. The van der Waals surface area contributed by atoms with Crippen LogP contribution in [0.25, 0.3) is 0 Å². The molecule has 1 saturated carbocycles. The third-order valence-electron chi connectivity index (χ3n) is 2.20. The summed E-state index contributed by atoms with van der Waals surface area (Å²) < 4.78 is 0. The molecule has 0 aromatic rings. The highest BCUT2D eigenvalue weighted by Gasteiger charge is 2.18. The molecular formula is C6H16N4. The molecule has 4 nitrogen and oxygen atoms in total. The Morgan fingerprint density at radius 2 is 1.10 bits per heavy atom. The zero-order chi connectivity index (χ0) is 7.40. The minimum Gasteiger partial charge on any atom is -0.271 e.